The molecule has 0 aromatic heterocycles. The van der Waals surface area contributed by atoms with E-state index in [-0.39, 0.29) is 5.41 Å². The van der Waals surface area contributed by atoms with Gasteiger partial charge >= 0.3 is 0 Å². The molecule has 0 heteroatoms. The fourth-order valence-corrected chi connectivity index (χ4v) is 3.38. The quantitative estimate of drug-likeness (QED) is 0.464. The van der Waals surface area contributed by atoms with Crippen LogP contribution in [-0.4, -0.2) is 0 Å². The third kappa shape index (κ3) is 7.68. The molecule has 128 valence electrons. The predicted molar refractivity (Wildman–Crippen MR) is 105 cm³/mol. The Morgan fingerprint density at radius 1 is 1.00 bits per heavy atom. The molecule has 23 heavy (non-hydrogen) atoms. The zero-order valence-electron chi connectivity index (χ0n) is 16.6. The third-order valence-electron chi connectivity index (χ3n) is 4.36. The van der Waals surface area contributed by atoms with Crippen molar-refractivity contribution in [3.05, 3.63) is 58.7 Å². The highest BCUT2D eigenvalue weighted by atomic mass is 14.3. The van der Waals surface area contributed by atoms with Crippen LogP contribution in [0.25, 0.3) is 0 Å². The summed E-state index contributed by atoms with van der Waals surface area (Å²) in [4.78, 5) is 0. The minimum absolute atomic E-state index is 0.197. The van der Waals surface area contributed by atoms with Crippen molar-refractivity contribution in [3.8, 4) is 0 Å². The Balaban J connectivity index is 2.79. The summed E-state index contributed by atoms with van der Waals surface area (Å²) in [6.07, 6.45) is 8.27. The first kappa shape index (κ1) is 19.7. The second-order valence-corrected chi connectivity index (χ2v) is 8.91. The molecule has 0 fully saturated rings. The van der Waals surface area contributed by atoms with Gasteiger partial charge in [0.1, 0.15) is 0 Å². The Morgan fingerprint density at radius 3 is 2.17 bits per heavy atom. The van der Waals surface area contributed by atoms with E-state index >= 15 is 0 Å². The van der Waals surface area contributed by atoms with Crippen LogP contribution in [0.15, 0.2) is 47.6 Å². The normalized spacial score (nSPS) is 13.1. The van der Waals surface area contributed by atoms with Gasteiger partial charge in [-0.05, 0) is 68.9 Å². The Morgan fingerprint density at radius 2 is 1.61 bits per heavy atom. The van der Waals surface area contributed by atoms with Crippen LogP contribution in [-0.2, 0) is 6.42 Å². The standard InChI is InChI=1S/C23H36/c1-18(2)13-14-22(5,6)15-19(3)16-23(7,8)17-21-12-10-9-11-20(21)4/h9-13,16H,14-15,17H2,1-8H3. The minimum Gasteiger partial charge on any atom is -0.0853 e. The summed E-state index contributed by atoms with van der Waals surface area (Å²) in [5, 5.41) is 0. The minimum atomic E-state index is 0.197. The second kappa shape index (κ2) is 7.99. The summed E-state index contributed by atoms with van der Waals surface area (Å²) < 4.78 is 0. The topological polar surface area (TPSA) is 0 Å². The fourth-order valence-electron chi connectivity index (χ4n) is 3.38. The van der Waals surface area contributed by atoms with Crippen molar-refractivity contribution in [2.75, 3.05) is 0 Å². The molecule has 0 saturated carbocycles. The zero-order valence-corrected chi connectivity index (χ0v) is 16.6. The number of hydrogen-bond acceptors (Lipinski definition) is 0. The van der Waals surface area contributed by atoms with Crippen LogP contribution in [0.2, 0.25) is 0 Å². The van der Waals surface area contributed by atoms with Gasteiger partial charge in [-0.15, -0.1) is 0 Å². The first-order chi connectivity index (χ1) is 10.5. The van der Waals surface area contributed by atoms with Crippen molar-refractivity contribution >= 4 is 0 Å². The molecule has 1 aromatic rings. The fraction of sp³-hybridized carbons (Fsp3) is 0.565. The Bertz CT molecular complexity index is 563. The molecule has 0 nitrogen and oxygen atoms in total. The van der Waals surface area contributed by atoms with E-state index in [2.05, 4.69) is 91.8 Å². The monoisotopic (exact) mass is 312 g/mol. The molecule has 0 unspecified atom stereocenters. The maximum atomic E-state index is 2.49. The van der Waals surface area contributed by atoms with Crippen molar-refractivity contribution in [3.63, 3.8) is 0 Å². The van der Waals surface area contributed by atoms with Crippen LogP contribution in [0.1, 0.15) is 72.4 Å². The number of allylic oxidation sites excluding steroid dienone is 4. The Kier molecular flexibility index (Phi) is 6.86. The highest BCUT2D eigenvalue weighted by Crippen LogP contribution is 2.33. The third-order valence-corrected chi connectivity index (χ3v) is 4.36. The molecule has 0 atom stereocenters. The van der Waals surface area contributed by atoms with E-state index in [1.54, 1.807) is 0 Å². The van der Waals surface area contributed by atoms with Crippen LogP contribution < -0.4 is 0 Å². The van der Waals surface area contributed by atoms with Gasteiger partial charge in [0.2, 0.25) is 0 Å². The van der Waals surface area contributed by atoms with E-state index in [0.29, 0.717) is 5.41 Å². The van der Waals surface area contributed by atoms with E-state index < -0.39 is 0 Å². The number of aryl methyl sites for hydroxylation is 1. The molecular formula is C23H36. The molecule has 0 N–H and O–H groups in total. The molecule has 0 saturated heterocycles. The summed E-state index contributed by atoms with van der Waals surface area (Å²) in [7, 11) is 0. The molecule has 1 rings (SSSR count). The molecule has 0 radical (unpaired) electrons. The van der Waals surface area contributed by atoms with Gasteiger partial charge in [0.25, 0.3) is 0 Å². The molecule has 0 bridgehead atoms. The summed E-state index contributed by atoms with van der Waals surface area (Å²) in [5.74, 6) is 0. The van der Waals surface area contributed by atoms with Gasteiger partial charge in [0.15, 0.2) is 0 Å². The van der Waals surface area contributed by atoms with Gasteiger partial charge in [-0.2, -0.15) is 0 Å². The van der Waals surface area contributed by atoms with Crippen LogP contribution in [0, 0.1) is 17.8 Å². The van der Waals surface area contributed by atoms with Gasteiger partial charge in [-0.25, -0.2) is 0 Å². The summed E-state index contributed by atoms with van der Waals surface area (Å²) in [6, 6.07) is 8.75. The molecule has 0 heterocycles. The number of benzene rings is 1. The zero-order chi connectivity index (χ0) is 17.7. The van der Waals surface area contributed by atoms with Crippen molar-refractivity contribution < 1.29 is 0 Å². The summed E-state index contributed by atoms with van der Waals surface area (Å²) in [5.41, 5.74) is 6.32. The van der Waals surface area contributed by atoms with Crippen LogP contribution in [0.3, 0.4) is 0 Å². The molecule has 0 aliphatic heterocycles. The molecule has 0 aliphatic rings. The lowest BCUT2D eigenvalue weighted by molar-refractivity contribution is 0.362. The van der Waals surface area contributed by atoms with E-state index in [0.717, 1.165) is 19.3 Å². The van der Waals surface area contributed by atoms with Gasteiger partial charge in [0, 0.05) is 0 Å². The second-order valence-electron chi connectivity index (χ2n) is 8.91. The van der Waals surface area contributed by atoms with Crippen LogP contribution in [0.4, 0.5) is 0 Å². The first-order valence-corrected chi connectivity index (χ1v) is 8.87. The molecular weight excluding hydrogens is 276 g/mol. The van der Waals surface area contributed by atoms with Crippen molar-refractivity contribution in [1.82, 2.24) is 0 Å². The Labute approximate surface area is 144 Å². The SMILES string of the molecule is CC(C)=CCC(C)(C)CC(C)=CC(C)(C)Cc1ccccc1C. The van der Waals surface area contributed by atoms with E-state index in [9.17, 15) is 0 Å². The predicted octanol–water partition coefficient (Wildman–Crippen LogP) is 7.28. The molecule has 0 aliphatic carbocycles. The van der Waals surface area contributed by atoms with Gasteiger partial charge in [-0.3, -0.25) is 0 Å². The van der Waals surface area contributed by atoms with E-state index in [4.69, 9.17) is 0 Å². The molecule has 1 aromatic carbocycles. The van der Waals surface area contributed by atoms with Crippen LogP contribution in [0.5, 0.6) is 0 Å². The first-order valence-electron chi connectivity index (χ1n) is 8.87. The van der Waals surface area contributed by atoms with Gasteiger partial charge < -0.3 is 0 Å². The van der Waals surface area contributed by atoms with Crippen LogP contribution >= 0.6 is 0 Å². The van der Waals surface area contributed by atoms with Crippen molar-refractivity contribution in [1.29, 1.82) is 0 Å². The molecule has 0 spiro atoms. The summed E-state index contributed by atoms with van der Waals surface area (Å²) in [6.45, 7) is 18.3. The van der Waals surface area contributed by atoms with Crippen molar-refractivity contribution in [2.24, 2.45) is 10.8 Å². The number of hydrogen-bond donors (Lipinski definition) is 0. The lowest BCUT2D eigenvalue weighted by Gasteiger charge is -2.27. The number of rotatable bonds is 7. The smallest absolute Gasteiger partial charge is 0.0132 e. The molecule has 0 amide bonds. The highest BCUT2D eigenvalue weighted by Gasteiger charge is 2.21. The maximum absolute atomic E-state index is 2.49. The van der Waals surface area contributed by atoms with Gasteiger partial charge in [0.05, 0.1) is 0 Å². The van der Waals surface area contributed by atoms with E-state index in [1.165, 1.54) is 22.3 Å². The van der Waals surface area contributed by atoms with E-state index in [1.807, 2.05) is 0 Å². The average Bonchev–Trinajstić information content (AvgIpc) is 2.37. The summed E-state index contributed by atoms with van der Waals surface area (Å²) >= 11 is 0. The average molecular weight is 313 g/mol. The largest absolute Gasteiger partial charge is 0.0853 e. The Hall–Kier alpha value is -1.30. The lowest BCUT2D eigenvalue weighted by Crippen LogP contribution is -2.16. The maximum Gasteiger partial charge on any atom is -0.0132 e. The lowest BCUT2D eigenvalue weighted by atomic mass is 9.78. The van der Waals surface area contributed by atoms with Gasteiger partial charge in [-0.1, -0.05) is 75.3 Å². The highest BCUT2D eigenvalue weighted by molar-refractivity contribution is 5.27. The van der Waals surface area contributed by atoms with Crippen molar-refractivity contribution in [2.45, 2.75) is 74.7 Å².